The molecule has 0 aliphatic heterocycles. The van der Waals surface area contributed by atoms with E-state index in [0.29, 0.717) is 45.6 Å². The van der Waals surface area contributed by atoms with Crippen LogP contribution in [0.15, 0.2) is 97.1 Å². The highest BCUT2D eigenvalue weighted by Crippen LogP contribution is 2.37. The molecule has 6 heteroatoms. The van der Waals surface area contributed by atoms with Gasteiger partial charge in [0.15, 0.2) is 0 Å². The summed E-state index contributed by atoms with van der Waals surface area (Å²) >= 11 is 0. The van der Waals surface area contributed by atoms with Crippen LogP contribution in [0, 0.1) is 27.7 Å². The third kappa shape index (κ3) is 10.4. The molecule has 4 aromatic carbocycles. The highest BCUT2D eigenvalue weighted by Gasteiger charge is 2.23. The fourth-order valence-corrected chi connectivity index (χ4v) is 4.94. The van der Waals surface area contributed by atoms with Crippen molar-refractivity contribution < 1.29 is 28.5 Å². The van der Waals surface area contributed by atoms with E-state index in [2.05, 4.69) is 51.3 Å². The molecule has 0 aromatic heterocycles. The fourth-order valence-electron chi connectivity index (χ4n) is 4.94. The van der Waals surface area contributed by atoms with Crippen molar-refractivity contribution in [1.29, 1.82) is 0 Å². The Morgan fingerprint density at radius 1 is 0.510 bits per heavy atom. The Morgan fingerprint density at radius 3 is 1.02 bits per heavy atom. The lowest BCUT2D eigenvalue weighted by molar-refractivity contribution is -0.131. The molecule has 0 spiro atoms. The van der Waals surface area contributed by atoms with Crippen LogP contribution in [-0.2, 0) is 15.0 Å². The number of hydrogen-bond acceptors (Lipinski definition) is 6. The highest BCUT2D eigenvalue weighted by atomic mass is 16.5. The van der Waals surface area contributed by atoms with Crippen LogP contribution >= 0.6 is 0 Å². The second-order valence-corrected chi connectivity index (χ2v) is 12.0. The third-order valence-electron chi connectivity index (χ3n) is 7.58. The Morgan fingerprint density at radius 2 is 0.776 bits per heavy atom. The number of rotatable bonds is 10. The number of hydrogen-bond donors (Lipinski definition) is 0. The van der Waals surface area contributed by atoms with E-state index >= 15 is 0 Å². The molecule has 0 heterocycles. The van der Waals surface area contributed by atoms with Gasteiger partial charge in [0.05, 0.1) is 0 Å². The van der Waals surface area contributed by atoms with E-state index in [4.69, 9.17) is 18.9 Å². The maximum Gasteiger partial charge on any atom is 0.338 e. The molecule has 0 fully saturated rings. The lowest BCUT2D eigenvalue weighted by Gasteiger charge is -2.26. The number of carbonyl (C=O) groups excluding carboxylic acids is 2. The first-order valence-corrected chi connectivity index (χ1v) is 16.7. The van der Waals surface area contributed by atoms with Gasteiger partial charge in [-0.15, -0.1) is 0 Å². The van der Waals surface area contributed by atoms with Crippen molar-refractivity contribution in [2.45, 2.75) is 88.5 Å². The summed E-state index contributed by atoms with van der Waals surface area (Å²) in [4.78, 5) is 24.0. The van der Waals surface area contributed by atoms with E-state index < -0.39 is 11.9 Å². The van der Waals surface area contributed by atoms with Gasteiger partial charge in [0.1, 0.15) is 34.5 Å². The monoisotopic (exact) mass is 664 g/mol. The minimum atomic E-state index is -0.449. The summed E-state index contributed by atoms with van der Waals surface area (Å²) in [5.41, 5.74) is 5.88. The maximum atomic E-state index is 12.0. The van der Waals surface area contributed by atoms with Gasteiger partial charge in [-0.3, -0.25) is 0 Å². The zero-order chi connectivity index (χ0) is 37.1. The number of aryl methyl sites for hydroxylation is 4. The minimum Gasteiger partial charge on any atom is -0.457 e. The molecule has 0 radical (unpaired) electrons. The second kappa shape index (κ2) is 17.9. The van der Waals surface area contributed by atoms with Crippen molar-refractivity contribution in [3.63, 3.8) is 0 Å². The van der Waals surface area contributed by atoms with Gasteiger partial charge in [-0.2, -0.15) is 0 Å². The zero-order valence-corrected chi connectivity index (χ0v) is 31.3. The number of ether oxygens (including phenoxy) is 4. The van der Waals surface area contributed by atoms with Crippen LogP contribution in [0.5, 0.6) is 34.5 Å². The average molecular weight is 665 g/mol. The molecule has 0 unspecified atom stereocenters. The summed E-state index contributed by atoms with van der Waals surface area (Å²) in [5.74, 6) is 2.88. The van der Waals surface area contributed by atoms with Crippen molar-refractivity contribution in [2.24, 2.45) is 0 Å². The van der Waals surface area contributed by atoms with Gasteiger partial charge >= 0.3 is 11.9 Å². The Kier molecular flexibility index (Phi) is 14.6. The Hall–Kier alpha value is -5.10. The maximum absolute atomic E-state index is 12.0. The van der Waals surface area contributed by atoms with Crippen molar-refractivity contribution in [1.82, 2.24) is 0 Å². The van der Waals surface area contributed by atoms with Crippen molar-refractivity contribution >= 4 is 11.9 Å². The van der Waals surface area contributed by atoms with E-state index in [-0.39, 0.29) is 5.41 Å². The quantitative estimate of drug-likeness (QED) is 0.0954. The lowest BCUT2D eigenvalue weighted by atomic mass is 9.78. The Balaban J connectivity index is 0.00000201. The normalized spacial score (nSPS) is 10.4. The summed E-state index contributed by atoms with van der Waals surface area (Å²) in [6.45, 7) is 30.4. The molecule has 49 heavy (non-hydrogen) atoms. The summed E-state index contributed by atoms with van der Waals surface area (Å²) in [5, 5.41) is 0. The number of carbonyl (C=O) groups is 2. The molecule has 0 atom stereocenters. The number of esters is 2. The van der Waals surface area contributed by atoms with Crippen LogP contribution in [0.1, 0.15) is 88.8 Å². The predicted octanol–water partition coefficient (Wildman–Crippen LogP) is 11.8. The molecule has 260 valence electrons. The van der Waals surface area contributed by atoms with Crippen LogP contribution < -0.4 is 18.9 Å². The van der Waals surface area contributed by atoms with Gasteiger partial charge < -0.3 is 18.9 Å². The van der Waals surface area contributed by atoms with Crippen LogP contribution in [0.3, 0.4) is 0 Å². The minimum absolute atomic E-state index is 0.277. The predicted molar refractivity (Wildman–Crippen MR) is 201 cm³/mol. The van der Waals surface area contributed by atoms with Crippen molar-refractivity contribution in [3.05, 3.63) is 130 Å². The topological polar surface area (TPSA) is 71.1 Å². The molecule has 4 aromatic rings. The molecular weight excluding hydrogens is 612 g/mol. The fraction of sp³-hybridized carbons (Fsp3) is 0.302. The first-order chi connectivity index (χ1) is 23.1. The lowest BCUT2D eigenvalue weighted by Crippen LogP contribution is -2.18. The first-order valence-electron chi connectivity index (χ1n) is 16.7. The average Bonchev–Trinajstić information content (AvgIpc) is 3.06. The van der Waals surface area contributed by atoms with E-state index in [1.54, 1.807) is 13.8 Å². The molecule has 0 saturated carbocycles. The smallest absolute Gasteiger partial charge is 0.338 e. The third-order valence-corrected chi connectivity index (χ3v) is 7.58. The van der Waals surface area contributed by atoms with Crippen LogP contribution in [0.25, 0.3) is 0 Å². The van der Waals surface area contributed by atoms with Gasteiger partial charge in [-0.1, -0.05) is 79.0 Å². The van der Waals surface area contributed by atoms with Crippen LogP contribution in [0.2, 0.25) is 0 Å². The summed E-state index contributed by atoms with van der Waals surface area (Å²) in [6.07, 6.45) is 0. The van der Waals surface area contributed by atoms with Crippen molar-refractivity contribution in [3.8, 4) is 34.5 Å². The zero-order valence-electron chi connectivity index (χ0n) is 31.3. The highest BCUT2D eigenvalue weighted by molar-refractivity contribution is 5.89. The van der Waals surface area contributed by atoms with E-state index in [1.165, 1.54) is 0 Å². The van der Waals surface area contributed by atoms with Crippen LogP contribution in [0.4, 0.5) is 0 Å². The van der Waals surface area contributed by atoms with E-state index in [0.717, 1.165) is 33.4 Å². The van der Waals surface area contributed by atoms with Gasteiger partial charge in [-0.05, 0) is 123 Å². The molecule has 0 saturated heterocycles. The molecule has 0 aliphatic carbocycles. The second-order valence-electron chi connectivity index (χ2n) is 12.0. The van der Waals surface area contributed by atoms with Gasteiger partial charge in [-0.25, -0.2) is 9.59 Å². The first kappa shape index (κ1) is 40.1. The van der Waals surface area contributed by atoms with E-state index in [9.17, 15) is 9.59 Å². The van der Waals surface area contributed by atoms with Gasteiger partial charge in [0.25, 0.3) is 0 Å². The molecule has 6 nitrogen and oxygen atoms in total. The van der Waals surface area contributed by atoms with E-state index in [1.807, 2.05) is 104 Å². The Bertz CT molecular complexity index is 1600. The summed E-state index contributed by atoms with van der Waals surface area (Å²) in [7, 11) is 0. The van der Waals surface area contributed by atoms with Gasteiger partial charge in [0, 0.05) is 16.6 Å². The summed E-state index contributed by atoms with van der Waals surface area (Å²) in [6, 6.07) is 23.5. The molecule has 0 amide bonds. The van der Waals surface area contributed by atoms with Gasteiger partial charge in [0.2, 0.25) is 0 Å². The molecule has 0 bridgehead atoms. The largest absolute Gasteiger partial charge is 0.457 e. The molecule has 0 N–H and O–H groups in total. The SMILES string of the molecule is C=C(C)C(=O)Oc1c(C)cc(Oc2ccc(C(C)(C)c3ccc(Oc4cc(C)c(OC(=O)C(=C)C)c(C)c4)cc3)cc2)cc1C.CC.CC. The Labute approximate surface area is 293 Å². The van der Waals surface area contributed by atoms with Crippen molar-refractivity contribution in [2.75, 3.05) is 0 Å². The summed E-state index contributed by atoms with van der Waals surface area (Å²) < 4.78 is 23.3. The molecular formula is C43H52O6. The van der Waals surface area contributed by atoms with Crippen LogP contribution in [-0.4, -0.2) is 11.9 Å². The number of benzene rings is 4. The standard InChI is InChI=1S/C39H40O6.2C2H6/c1-23(2)37(40)44-35-25(5)19-33(20-26(35)6)42-31-15-11-29(12-16-31)39(9,10)30-13-17-32(18-14-30)43-34-21-27(7)36(28(8)22-34)45-38(41)24(3)4;2*1-2/h11-22H,1,3H2,2,4-10H3;2*1-2H3. The molecule has 4 rings (SSSR count). The molecule has 0 aliphatic rings.